The third kappa shape index (κ3) is 6.60. The number of hydrogen-bond acceptors (Lipinski definition) is 1. The third-order valence-electron chi connectivity index (χ3n) is 7.29. The fraction of sp³-hybridized carbons (Fsp3) is 0.333. The van der Waals surface area contributed by atoms with E-state index in [4.69, 9.17) is 0 Å². The minimum absolute atomic E-state index is 0.145. The summed E-state index contributed by atoms with van der Waals surface area (Å²) in [5.41, 5.74) is 8.56. The second kappa shape index (κ2) is 11.9. The molecule has 0 atom stereocenters. The lowest BCUT2D eigenvalue weighted by Crippen LogP contribution is -2.83. The molecule has 0 amide bonds. The van der Waals surface area contributed by atoms with Crippen molar-refractivity contribution in [3.63, 3.8) is 0 Å². The molecule has 38 heavy (non-hydrogen) atoms. The largest absolute Gasteiger partial charge is 0.342 e. The summed E-state index contributed by atoms with van der Waals surface area (Å²) in [6, 6.07) is 40.2. The molecular formula is C36H44NS+. The van der Waals surface area contributed by atoms with Crippen LogP contribution < -0.4 is 5.32 Å². The van der Waals surface area contributed by atoms with Gasteiger partial charge >= 0.3 is 0 Å². The molecule has 0 aliphatic rings. The fourth-order valence-corrected chi connectivity index (χ4v) is 6.51. The van der Waals surface area contributed by atoms with Gasteiger partial charge in [-0.05, 0) is 50.8 Å². The SMILES string of the molecule is CC(C)(C)c1cc(C[NH2+]CCSC(c2ccccc2)(c2ccccc2)c2ccccc2)cc(C(C)(C)C)c1. The lowest BCUT2D eigenvalue weighted by atomic mass is 9.79. The molecule has 0 radical (unpaired) electrons. The number of rotatable bonds is 9. The van der Waals surface area contributed by atoms with Crippen molar-refractivity contribution in [3.05, 3.63) is 143 Å². The predicted octanol–water partition coefficient (Wildman–Crippen LogP) is 8.07. The maximum atomic E-state index is 2.48. The van der Waals surface area contributed by atoms with Crippen molar-refractivity contribution in [1.29, 1.82) is 0 Å². The zero-order valence-electron chi connectivity index (χ0n) is 24.0. The first-order chi connectivity index (χ1) is 18.1. The summed E-state index contributed by atoms with van der Waals surface area (Å²) in [4.78, 5) is 0. The van der Waals surface area contributed by atoms with E-state index in [0.29, 0.717) is 0 Å². The lowest BCUT2D eigenvalue weighted by Gasteiger charge is -2.35. The van der Waals surface area contributed by atoms with E-state index in [1.165, 1.54) is 33.4 Å². The molecule has 0 bridgehead atoms. The van der Waals surface area contributed by atoms with Gasteiger partial charge in [-0.1, -0.05) is 139 Å². The van der Waals surface area contributed by atoms with Crippen molar-refractivity contribution in [2.24, 2.45) is 0 Å². The number of hydrogen-bond donors (Lipinski definition) is 1. The molecule has 2 N–H and O–H groups in total. The van der Waals surface area contributed by atoms with Gasteiger partial charge in [-0.15, -0.1) is 11.8 Å². The molecule has 0 fully saturated rings. The topological polar surface area (TPSA) is 16.6 Å². The van der Waals surface area contributed by atoms with Gasteiger partial charge < -0.3 is 5.32 Å². The van der Waals surface area contributed by atoms with Crippen molar-refractivity contribution in [2.75, 3.05) is 12.3 Å². The molecule has 0 saturated heterocycles. The predicted molar refractivity (Wildman–Crippen MR) is 166 cm³/mol. The van der Waals surface area contributed by atoms with Crippen LogP contribution in [0.3, 0.4) is 0 Å². The van der Waals surface area contributed by atoms with Gasteiger partial charge in [-0.3, -0.25) is 0 Å². The molecule has 2 heteroatoms. The molecule has 0 spiro atoms. The first-order valence-electron chi connectivity index (χ1n) is 13.9. The van der Waals surface area contributed by atoms with Gasteiger partial charge in [0.15, 0.2) is 0 Å². The summed E-state index contributed by atoms with van der Waals surface area (Å²) in [6.45, 7) is 15.9. The van der Waals surface area contributed by atoms with E-state index >= 15 is 0 Å². The highest BCUT2D eigenvalue weighted by atomic mass is 32.2. The summed E-state index contributed by atoms with van der Waals surface area (Å²) in [5, 5.41) is 2.48. The van der Waals surface area contributed by atoms with Gasteiger partial charge in [0.2, 0.25) is 0 Å². The summed E-state index contributed by atoms with van der Waals surface area (Å²) >= 11 is 2.05. The Hall–Kier alpha value is -2.81. The van der Waals surface area contributed by atoms with E-state index in [-0.39, 0.29) is 15.6 Å². The Labute approximate surface area is 235 Å². The first-order valence-corrected chi connectivity index (χ1v) is 14.9. The van der Waals surface area contributed by atoms with Crippen molar-refractivity contribution in [2.45, 2.75) is 63.7 Å². The highest BCUT2D eigenvalue weighted by molar-refractivity contribution is 8.00. The number of benzene rings is 4. The maximum absolute atomic E-state index is 2.48. The minimum Gasteiger partial charge on any atom is -0.342 e. The Kier molecular flexibility index (Phi) is 8.85. The van der Waals surface area contributed by atoms with Crippen LogP contribution in [-0.4, -0.2) is 12.3 Å². The molecule has 0 aromatic heterocycles. The van der Waals surface area contributed by atoms with Crippen LogP contribution in [0.1, 0.15) is 74.9 Å². The van der Waals surface area contributed by atoms with Crippen LogP contribution in [0.4, 0.5) is 0 Å². The Balaban J connectivity index is 1.56. The molecule has 0 unspecified atom stereocenters. The van der Waals surface area contributed by atoms with Gasteiger partial charge in [0, 0.05) is 11.3 Å². The summed E-state index contributed by atoms with van der Waals surface area (Å²) in [6.07, 6.45) is 0. The monoisotopic (exact) mass is 522 g/mol. The molecule has 0 heterocycles. The third-order valence-corrected chi connectivity index (χ3v) is 8.87. The first kappa shape index (κ1) is 28.2. The zero-order chi connectivity index (χ0) is 27.2. The second-order valence-electron chi connectivity index (χ2n) is 12.3. The summed E-state index contributed by atoms with van der Waals surface area (Å²) in [7, 11) is 0. The average molecular weight is 523 g/mol. The average Bonchev–Trinajstić information content (AvgIpc) is 2.91. The smallest absolute Gasteiger partial charge is 0.101 e. The van der Waals surface area contributed by atoms with Crippen LogP contribution in [-0.2, 0) is 22.1 Å². The van der Waals surface area contributed by atoms with E-state index in [9.17, 15) is 0 Å². The van der Waals surface area contributed by atoms with Crippen LogP contribution in [0, 0.1) is 0 Å². The molecule has 0 aliphatic heterocycles. The van der Waals surface area contributed by atoms with E-state index in [2.05, 4.69) is 156 Å². The number of nitrogens with two attached hydrogens (primary N) is 1. The van der Waals surface area contributed by atoms with E-state index in [0.717, 1.165) is 18.8 Å². The van der Waals surface area contributed by atoms with E-state index < -0.39 is 0 Å². The highest BCUT2D eigenvalue weighted by Gasteiger charge is 2.36. The minimum atomic E-state index is -0.247. The van der Waals surface area contributed by atoms with Gasteiger partial charge in [0.1, 0.15) is 6.54 Å². The van der Waals surface area contributed by atoms with Crippen LogP contribution in [0.5, 0.6) is 0 Å². The molecule has 4 rings (SSSR count). The maximum Gasteiger partial charge on any atom is 0.101 e. The Morgan fingerprint density at radius 3 is 1.29 bits per heavy atom. The number of quaternary nitrogens is 1. The normalized spacial score (nSPS) is 12.5. The van der Waals surface area contributed by atoms with Crippen molar-refractivity contribution < 1.29 is 5.32 Å². The van der Waals surface area contributed by atoms with E-state index in [1.807, 2.05) is 11.8 Å². The second-order valence-corrected chi connectivity index (χ2v) is 13.6. The van der Waals surface area contributed by atoms with Crippen LogP contribution >= 0.6 is 11.8 Å². The van der Waals surface area contributed by atoms with Crippen LogP contribution in [0.2, 0.25) is 0 Å². The standard InChI is InChI=1S/C36H43NS/c1-34(2,3)32-24-28(25-33(26-32)35(4,5)6)27-37-22-23-38-36(29-16-10-7-11-17-29,30-18-12-8-13-19-30)31-20-14-9-15-21-31/h7-21,24-26,37H,22-23,27H2,1-6H3/p+1. The molecular weight excluding hydrogens is 478 g/mol. The molecule has 4 aromatic rings. The van der Waals surface area contributed by atoms with Crippen LogP contribution in [0.25, 0.3) is 0 Å². The molecule has 4 aromatic carbocycles. The quantitative estimate of drug-likeness (QED) is 0.174. The lowest BCUT2D eigenvalue weighted by molar-refractivity contribution is -0.666. The Bertz CT molecular complexity index is 1150. The van der Waals surface area contributed by atoms with Gasteiger partial charge in [0.25, 0.3) is 0 Å². The van der Waals surface area contributed by atoms with Crippen molar-refractivity contribution >= 4 is 11.8 Å². The summed E-state index contributed by atoms with van der Waals surface area (Å²) < 4.78 is -0.247. The van der Waals surface area contributed by atoms with Gasteiger partial charge in [-0.25, -0.2) is 0 Å². The van der Waals surface area contributed by atoms with E-state index in [1.54, 1.807) is 0 Å². The summed E-state index contributed by atoms with van der Waals surface area (Å²) in [5.74, 6) is 1.05. The molecule has 0 saturated carbocycles. The van der Waals surface area contributed by atoms with Crippen molar-refractivity contribution in [1.82, 2.24) is 0 Å². The Morgan fingerprint density at radius 2 is 0.921 bits per heavy atom. The van der Waals surface area contributed by atoms with Gasteiger partial charge in [-0.2, -0.15) is 0 Å². The fourth-order valence-electron chi connectivity index (χ4n) is 5.01. The van der Waals surface area contributed by atoms with Gasteiger partial charge in [0.05, 0.1) is 11.3 Å². The molecule has 198 valence electrons. The number of thioether (sulfide) groups is 1. The Morgan fingerprint density at radius 1 is 0.526 bits per heavy atom. The van der Waals surface area contributed by atoms with Crippen molar-refractivity contribution in [3.8, 4) is 0 Å². The molecule has 0 aliphatic carbocycles. The zero-order valence-corrected chi connectivity index (χ0v) is 24.8. The molecule has 1 nitrogen and oxygen atoms in total. The van der Waals surface area contributed by atoms with Crippen LogP contribution in [0.15, 0.2) is 109 Å². The highest BCUT2D eigenvalue weighted by Crippen LogP contribution is 2.48.